The Balaban J connectivity index is 2.19. The zero-order chi connectivity index (χ0) is 13.0. The summed E-state index contributed by atoms with van der Waals surface area (Å²) in [5.74, 6) is 0.0652. The molecule has 1 aliphatic heterocycles. The van der Waals surface area contributed by atoms with Gasteiger partial charge in [0.25, 0.3) is 0 Å². The zero-order valence-electron chi connectivity index (χ0n) is 10.3. The van der Waals surface area contributed by atoms with Crippen LogP contribution in [0.4, 0.5) is 5.69 Å². The van der Waals surface area contributed by atoms with E-state index >= 15 is 0 Å². The van der Waals surface area contributed by atoms with Gasteiger partial charge in [0.1, 0.15) is 17.4 Å². The van der Waals surface area contributed by atoms with Crippen LogP contribution in [-0.2, 0) is 9.47 Å². The van der Waals surface area contributed by atoms with E-state index in [1.54, 1.807) is 25.1 Å². The predicted molar refractivity (Wildman–Crippen MR) is 66.7 cm³/mol. The Hall–Kier alpha value is -1.75. The lowest BCUT2D eigenvalue weighted by Crippen LogP contribution is -2.18. The molecule has 1 unspecified atom stereocenters. The first-order valence-electron chi connectivity index (χ1n) is 6.01. The number of benzene rings is 1. The number of hydrogen-bond donors (Lipinski definition) is 1. The maximum atomic E-state index is 11.8. The predicted octanol–water partition coefficient (Wildman–Crippen LogP) is 1.61. The van der Waals surface area contributed by atoms with Crippen LogP contribution in [-0.4, -0.2) is 31.9 Å². The molecule has 0 aromatic heterocycles. The molecule has 1 aromatic carbocycles. The van der Waals surface area contributed by atoms with Gasteiger partial charge in [0.05, 0.1) is 19.8 Å². The van der Waals surface area contributed by atoms with E-state index in [2.05, 4.69) is 0 Å². The van der Waals surface area contributed by atoms with Gasteiger partial charge in [-0.15, -0.1) is 0 Å². The molecule has 0 saturated carbocycles. The van der Waals surface area contributed by atoms with Gasteiger partial charge in [0.15, 0.2) is 0 Å². The Morgan fingerprint density at radius 3 is 3.06 bits per heavy atom. The van der Waals surface area contributed by atoms with Crippen LogP contribution >= 0.6 is 0 Å². The van der Waals surface area contributed by atoms with Gasteiger partial charge in [0.2, 0.25) is 0 Å². The van der Waals surface area contributed by atoms with Crippen LogP contribution in [0.2, 0.25) is 0 Å². The van der Waals surface area contributed by atoms with E-state index in [4.69, 9.17) is 19.9 Å². The third-order valence-electron chi connectivity index (χ3n) is 2.68. The first-order valence-corrected chi connectivity index (χ1v) is 6.01. The van der Waals surface area contributed by atoms with Crippen molar-refractivity contribution in [1.29, 1.82) is 0 Å². The van der Waals surface area contributed by atoms with Crippen molar-refractivity contribution >= 4 is 11.7 Å². The van der Waals surface area contributed by atoms with Crippen molar-refractivity contribution in [1.82, 2.24) is 0 Å². The third kappa shape index (κ3) is 2.92. The smallest absolute Gasteiger partial charge is 0.341 e. The summed E-state index contributed by atoms with van der Waals surface area (Å²) < 4.78 is 16.0. The highest BCUT2D eigenvalue weighted by Crippen LogP contribution is 2.25. The van der Waals surface area contributed by atoms with Crippen molar-refractivity contribution in [3.63, 3.8) is 0 Å². The van der Waals surface area contributed by atoms with Crippen LogP contribution in [0.5, 0.6) is 5.75 Å². The van der Waals surface area contributed by atoms with Crippen molar-refractivity contribution in [3.8, 4) is 5.75 Å². The second kappa shape index (κ2) is 5.73. The van der Waals surface area contributed by atoms with E-state index in [0.29, 0.717) is 36.8 Å². The molecular formula is C13H17NO4. The first-order chi connectivity index (χ1) is 8.70. The van der Waals surface area contributed by atoms with Crippen molar-refractivity contribution in [2.75, 3.05) is 25.6 Å². The van der Waals surface area contributed by atoms with Crippen LogP contribution in [0.15, 0.2) is 18.2 Å². The molecule has 1 saturated heterocycles. The number of carbonyl (C=O) groups excluding carboxylic acids is 1. The molecule has 1 atom stereocenters. The monoisotopic (exact) mass is 251 g/mol. The van der Waals surface area contributed by atoms with Crippen LogP contribution in [0.1, 0.15) is 23.7 Å². The van der Waals surface area contributed by atoms with Gasteiger partial charge in [-0.3, -0.25) is 0 Å². The Kier molecular flexibility index (Phi) is 4.04. The van der Waals surface area contributed by atoms with Gasteiger partial charge in [-0.1, -0.05) is 0 Å². The zero-order valence-corrected chi connectivity index (χ0v) is 10.3. The molecule has 5 nitrogen and oxygen atoms in total. The maximum absolute atomic E-state index is 11.8. The summed E-state index contributed by atoms with van der Waals surface area (Å²) in [5, 5.41) is 0. The molecule has 0 radical (unpaired) electrons. The SMILES string of the molecule is CCOC(=O)c1ccc(N)cc1OC1CCOC1. The molecule has 18 heavy (non-hydrogen) atoms. The molecule has 0 amide bonds. The van der Waals surface area contributed by atoms with E-state index < -0.39 is 5.97 Å². The lowest BCUT2D eigenvalue weighted by Gasteiger charge is -2.15. The summed E-state index contributed by atoms with van der Waals surface area (Å²) >= 11 is 0. The second-order valence-corrected chi connectivity index (χ2v) is 4.08. The number of carbonyl (C=O) groups is 1. The molecule has 5 heteroatoms. The minimum atomic E-state index is -0.397. The molecule has 1 aromatic rings. The topological polar surface area (TPSA) is 70.8 Å². The molecule has 0 aliphatic carbocycles. The van der Waals surface area contributed by atoms with Crippen LogP contribution in [0.3, 0.4) is 0 Å². The average molecular weight is 251 g/mol. The summed E-state index contributed by atoms with van der Waals surface area (Å²) in [6, 6.07) is 4.92. The second-order valence-electron chi connectivity index (χ2n) is 4.08. The van der Waals surface area contributed by atoms with Crippen LogP contribution in [0, 0.1) is 0 Å². The minimum Gasteiger partial charge on any atom is -0.487 e. The highest BCUT2D eigenvalue weighted by Gasteiger charge is 2.21. The molecule has 1 aliphatic rings. The van der Waals surface area contributed by atoms with E-state index in [1.807, 2.05) is 0 Å². The Labute approximate surface area is 106 Å². The summed E-state index contributed by atoms with van der Waals surface area (Å²) in [6.07, 6.45) is 0.789. The van der Waals surface area contributed by atoms with Crippen molar-refractivity contribution < 1.29 is 19.0 Å². The molecule has 0 spiro atoms. The van der Waals surface area contributed by atoms with E-state index in [0.717, 1.165) is 6.42 Å². The van der Waals surface area contributed by atoms with Crippen molar-refractivity contribution in [2.24, 2.45) is 0 Å². The van der Waals surface area contributed by atoms with Crippen molar-refractivity contribution in [2.45, 2.75) is 19.4 Å². The Bertz CT molecular complexity index is 427. The largest absolute Gasteiger partial charge is 0.487 e. The summed E-state index contributed by atoms with van der Waals surface area (Å²) in [5.41, 5.74) is 6.67. The molecule has 1 fully saturated rings. The summed E-state index contributed by atoms with van der Waals surface area (Å²) in [7, 11) is 0. The molecule has 2 N–H and O–H groups in total. The lowest BCUT2D eigenvalue weighted by atomic mass is 10.1. The van der Waals surface area contributed by atoms with Gasteiger partial charge in [-0.25, -0.2) is 4.79 Å². The minimum absolute atomic E-state index is 0.0278. The summed E-state index contributed by atoms with van der Waals surface area (Å²) in [6.45, 7) is 3.31. The van der Waals surface area contributed by atoms with E-state index in [9.17, 15) is 4.79 Å². The number of rotatable bonds is 4. The fourth-order valence-corrected chi connectivity index (χ4v) is 1.80. The summed E-state index contributed by atoms with van der Waals surface area (Å²) in [4.78, 5) is 11.8. The average Bonchev–Trinajstić information content (AvgIpc) is 2.82. The Morgan fingerprint density at radius 1 is 1.56 bits per heavy atom. The molecule has 2 rings (SSSR count). The molecule has 98 valence electrons. The maximum Gasteiger partial charge on any atom is 0.341 e. The standard InChI is InChI=1S/C13H17NO4/c1-2-17-13(15)11-4-3-9(14)7-12(11)18-10-5-6-16-8-10/h3-4,7,10H,2,5-6,8,14H2,1H3. The normalized spacial score (nSPS) is 18.6. The number of esters is 1. The van der Waals surface area contributed by atoms with Gasteiger partial charge in [-0.2, -0.15) is 0 Å². The van der Waals surface area contributed by atoms with Crippen LogP contribution in [0.25, 0.3) is 0 Å². The number of hydrogen-bond acceptors (Lipinski definition) is 5. The number of nitrogens with two attached hydrogens (primary N) is 1. The van der Waals surface area contributed by atoms with E-state index in [-0.39, 0.29) is 6.10 Å². The molecule has 1 heterocycles. The lowest BCUT2D eigenvalue weighted by molar-refractivity contribution is 0.0517. The van der Waals surface area contributed by atoms with Gasteiger partial charge in [-0.05, 0) is 19.1 Å². The highest BCUT2D eigenvalue weighted by atomic mass is 16.6. The van der Waals surface area contributed by atoms with Gasteiger partial charge >= 0.3 is 5.97 Å². The third-order valence-corrected chi connectivity index (χ3v) is 2.68. The van der Waals surface area contributed by atoms with Gasteiger partial charge in [0, 0.05) is 18.2 Å². The quantitative estimate of drug-likeness (QED) is 0.650. The fraction of sp³-hybridized carbons (Fsp3) is 0.462. The molecule has 0 bridgehead atoms. The highest BCUT2D eigenvalue weighted by molar-refractivity contribution is 5.93. The first kappa shape index (κ1) is 12.7. The van der Waals surface area contributed by atoms with Gasteiger partial charge < -0.3 is 19.9 Å². The van der Waals surface area contributed by atoms with E-state index in [1.165, 1.54) is 0 Å². The van der Waals surface area contributed by atoms with Crippen molar-refractivity contribution in [3.05, 3.63) is 23.8 Å². The fourth-order valence-electron chi connectivity index (χ4n) is 1.80. The number of nitrogen functional groups attached to an aromatic ring is 1. The molecular weight excluding hydrogens is 234 g/mol. The van der Waals surface area contributed by atoms with Crippen LogP contribution < -0.4 is 10.5 Å². The number of ether oxygens (including phenoxy) is 3. The Morgan fingerprint density at radius 2 is 2.39 bits per heavy atom. The number of anilines is 1.